The monoisotopic (exact) mass is 501 g/mol. The Kier molecular flexibility index (Phi) is 6.38. The van der Waals surface area contributed by atoms with Crippen molar-refractivity contribution < 1.29 is 13.2 Å². The lowest BCUT2D eigenvalue weighted by molar-refractivity contribution is 0.0981. The van der Waals surface area contributed by atoms with E-state index < -0.39 is 26.0 Å². The minimum atomic E-state index is -4.11. The smallest absolute Gasteiger partial charge is 0.268 e. The molecule has 0 spiro atoms. The number of hydrogen-bond donors (Lipinski definition) is 1. The van der Waals surface area contributed by atoms with Crippen LogP contribution in [-0.4, -0.2) is 59.9 Å². The Balaban J connectivity index is 2.12. The first kappa shape index (κ1) is 24.9. The summed E-state index contributed by atoms with van der Waals surface area (Å²) in [5.41, 5.74) is 0.273. The van der Waals surface area contributed by atoms with Crippen molar-refractivity contribution in [2.24, 2.45) is 13.0 Å². The van der Waals surface area contributed by atoms with Crippen molar-refractivity contribution in [1.82, 2.24) is 19.5 Å². The molecule has 0 bridgehead atoms. The second kappa shape index (κ2) is 8.22. The van der Waals surface area contributed by atoms with Gasteiger partial charge in [0.25, 0.3) is 15.9 Å². The lowest BCUT2D eigenvalue weighted by Crippen LogP contribution is -2.41. The predicted octanol–water partition coefficient (Wildman–Crippen LogP) is 3.57. The fourth-order valence-electron chi connectivity index (χ4n) is 4.30. The largest absolute Gasteiger partial charge is 0.351 e. The number of aromatic nitrogens is 3. The lowest BCUT2D eigenvalue weighted by Gasteiger charge is -2.35. The Morgan fingerprint density at radius 2 is 1.88 bits per heavy atom. The molecule has 1 aliphatic rings. The van der Waals surface area contributed by atoms with Crippen LogP contribution in [0, 0.1) is 12.8 Å². The Labute approximate surface area is 197 Å². The molecule has 3 heterocycles. The number of carbonyl (C=O) groups is 1. The van der Waals surface area contributed by atoms with Crippen LogP contribution in [0.25, 0.3) is 0 Å². The summed E-state index contributed by atoms with van der Waals surface area (Å²) in [7, 11) is -3.81. The van der Waals surface area contributed by atoms with Crippen molar-refractivity contribution in [1.29, 1.82) is 0 Å². The average Bonchev–Trinajstić information content (AvgIpc) is 3.09. The van der Waals surface area contributed by atoms with E-state index in [9.17, 15) is 13.2 Å². The van der Waals surface area contributed by atoms with E-state index in [2.05, 4.69) is 59.2 Å². The van der Waals surface area contributed by atoms with Gasteiger partial charge in [0.1, 0.15) is 15.9 Å². The number of nitrogens with zero attached hydrogens (tertiary/aromatic N) is 4. The Morgan fingerprint density at radius 1 is 1.25 bits per heavy atom. The fraction of sp³-hybridized carbons (Fsp3) is 0.571. The van der Waals surface area contributed by atoms with E-state index in [0.717, 1.165) is 11.3 Å². The van der Waals surface area contributed by atoms with Crippen molar-refractivity contribution >= 4 is 43.4 Å². The zero-order valence-electron chi connectivity index (χ0n) is 19.9. The number of anilines is 1. The molecule has 0 unspecified atom stereocenters. The molecule has 1 atom stereocenters. The van der Waals surface area contributed by atoms with Gasteiger partial charge >= 0.3 is 0 Å². The van der Waals surface area contributed by atoms with Crippen LogP contribution in [0.2, 0.25) is 5.15 Å². The molecular weight excluding hydrogens is 470 g/mol. The van der Waals surface area contributed by atoms with Gasteiger partial charge in [-0.1, -0.05) is 18.5 Å². The van der Waals surface area contributed by atoms with Gasteiger partial charge in [0.2, 0.25) is 0 Å². The fourth-order valence-corrected chi connectivity index (χ4v) is 7.34. The maximum atomic E-state index is 13.4. The first-order chi connectivity index (χ1) is 14.5. The van der Waals surface area contributed by atoms with Crippen molar-refractivity contribution in [2.75, 3.05) is 30.2 Å². The third kappa shape index (κ3) is 4.77. The number of pyridine rings is 1. The summed E-state index contributed by atoms with van der Waals surface area (Å²) in [5.74, 6) is 0.0798. The summed E-state index contributed by atoms with van der Waals surface area (Å²) in [6, 6.07) is 1.71. The highest BCUT2D eigenvalue weighted by Gasteiger charge is 2.40. The zero-order chi connectivity index (χ0) is 24.2. The third-order valence-electron chi connectivity index (χ3n) is 5.64. The summed E-state index contributed by atoms with van der Waals surface area (Å²) in [5, 5.41) is 4.42. The molecule has 1 amide bonds. The van der Waals surface area contributed by atoms with Gasteiger partial charge in [-0.05, 0) is 57.9 Å². The lowest BCUT2D eigenvalue weighted by atomic mass is 9.97. The molecular formula is C21H32ClN5O3S2. The number of rotatable bonds is 5. The van der Waals surface area contributed by atoms with E-state index in [4.69, 9.17) is 11.6 Å². The number of carbonyl (C=O) groups excluding carboxylic acids is 1. The van der Waals surface area contributed by atoms with Gasteiger partial charge in [-0.15, -0.1) is 0 Å². The maximum Gasteiger partial charge on any atom is 0.268 e. The topological polar surface area (TPSA) is 97.2 Å². The SMILES string of the molecule is Cc1nn(C)cc1S(=O)(=O)NC(=O)c1cc(S(C)(C)C)c(Cl)nc1N1C[C@@H](C)CC1(C)C. The zero-order valence-corrected chi connectivity index (χ0v) is 22.2. The van der Waals surface area contributed by atoms with Crippen LogP contribution >= 0.6 is 21.6 Å². The molecule has 0 radical (unpaired) electrons. The van der Waals surface area contributed by atoms with Crippen molar-refractivity contribution in [2.45, 2.75) is 49.4 Å². The van der Waals surface area contributed by atoms with E-state index >= 15 is 0 Å². The van der Waals surface area contributed by atoms with E-state index in [1.807, 2.05) is 0 Å². The number of halogens is 1. The molecule has 11 heteroatoms. The standard InChI is InChI=1S/C21H32ClN5O3S2/c1-13-10-21(3,4)27(11-13)19-15(9-16(18(22)23-19)31(6,7)8)20(28)25-32(29,30)17-12-26(5)24-14(17)2/h9,12-13H,10-11H2,1-8H3,(H,25,28)/t13-/m0/s1. The summed E-state index contributed by atoms with van der Waals surface area (Å²) >= 11 is 6.57. The highest BCUT2D eigenvalue weighted by molar-refractivity contribution is 8.32. The molecule has 2 aromatic rings. The predicted molar refractivity (Wildman–Crippen MR) is 131 cm³/mol. The van der Waals surface area contributed by atoms with Crippen molar-refractivity contribution in [3.63, 3.8) is 0 Å². The molecule has 2 aromatic heterocycles. The van der Waals surface area contributed by atoms with E-state index in [1.54, 1.807) is 20.0 Å². The first-order valence-electron chi connectivity index (χ1n) is 10.3. The quantitative estimate of drug-likeness (QED) is 0.629. The molecule has 0 saturated carbocycles. The molecule has 32 heavy (non-hydrogen) atoms. The molecule has 1 fully saturated rings. The molecule has 0 aliphatic carbocycles. The van der Waals surface area contributed by atoms with Gasteiger partial charge in [0, 0.05) is 30.2 Å². The minimum Gasteiger partial charge on any atom is -0.351 e. The molecule has 0 aromatic carbocycles. The highest BCUT2D eigenvalue weighted by Crippen LogP contribution is 2.50. The number of amides is 1. The van der Waals surface area contributed by atoms with E-state index in [1.165, 1.54) is 10.9 Å². The maximum absolute atomic E-state index is 13.4. The minimum absolute atomic E-state index is 0.0337. The van der Waals surface area contributed by atoms with Crippen LogP contribution in [0.5, 0.6) is 0 Å². The van der Waals surface area contributed by atoms with Gasteiger partial charge in [-0.25, -0.2) is 28.2 Å². The van der Waals surface area contributed by atoms with Crippen LogP contribution in [0.3, 0.4) is 0 Å². The van der Waals surface area contributed by atoms with Gasteiger partial charge < -0.3 is 4.90 Å². The summed E-state index contributed by atoms with van der Waals surface area (Å²) in [6.45, 7) is 8.61. The van der Waals surface area contributed by atoms with Crippen LogP contribution in [0.1, 0.15) is 43.2 Å². The number of sulfonamides is 1. The number of nitrogens with one attached hydrogen (secondary N) is 1. The summed E-state index contributed by atoms with van der Waals surface area (Å²) < 4.78 is 29.6. The first-order valence-corrected chi connectivity index (χ1v) is 15.0. The van der Waals surface area contributed by atoms with Gasteiger partial charge in [0.05, 0.1) is 11.3 Å². The Morgan fingerprint density at radius 3 is 2.34 bits per heavy atom. The van der Waals surface area contributed by atoms with Crippen LogP contribution in [-0.2, 0) is 17.1 Å². The molecule has 1 aliphatic heterocycles. The highest BCUT2D eigenvalue weighted by atomic mass is 35.5. The Bertz CT molecular complexity index is 1170. The molecule has 1 saturated heterocycles. The normalized spacial score (nSPS) is 19.3. The average molecular weight is 502 g/mol. The van der Waals surface area contributed by atoms with Crippen molar-refractivity contribution in [3.05, 3.63) is 28.7 Å². The molecule has 178 valence electrons. The van der Waals surface area contributed by atoms with E-state index in [0.29, 0.717) is 29.1 Å². The summed E-state index contributed by atoms with van der Waals surface area (Å²) in [6.07, 6.45) is 8.45. The molecule has 8 nitrogen and oxygen atoms in total. The van der Waals surface area contributed by atoms with Gasteiger partial charge in [-0.3, -0.25) is 9.48 Å². The van der Waals surface area contributed by atoms with Crippen LogP contribution in [0.4, 0.5) is 5.82 Å². The molecule has 3 rings (SSSR count). The second-order valence-corrected chi connectivity index (χ2v) is 16.0. The van der Waals surface area contributed by atoms with Crippen molar-refractivity contribution in [3.8, 4) is 0 Å². The number of aryl methyl sites for hydroxylation is 2. The third-order valence-corrected chi connectivity index (χ3v) is 9.11. The van der Waals surface area contributed by atoms with Crippen LogP contribution < -0.4 is 9.62 Å². The van der Waals surface area contributed by atoms with E-state index in [-0.39, 0.29) is 16.0 Å². The molecule has 1 N–H and O–H groups in total. The van der Waals surface area contributed by atoms with Gasteiger partial charge in [0.15, 0.2) is 0 Å². The Hall–Kier alpha value is -1.78. The summed E-state index contributed by atoms with van der Waals surface area (Å²) in [4.78, 5) is 20.8. The van der Waals surface area contributed by atoms with Gasteiger partial charge in [-0.2, -0.15) is 5.10 Å². The second-order valence-electron chi connectivity index (χ2n) is 9.90. The van der Waals surface area contributed by atoms with Crippen LogP contribution in [0.15, 0.2) is 22.1 Å². The number of hydrogen-bond acceptors (Lipinski definition) is 6.